The van der Waals surface area contributed by atoms with Crippen LogP contribution in [-0.2, 0) is 24.3 Å². The quantitative estimate of drug-likeness (QED) is 0.350. The summed E-state index contributed by atoms with van der Waals surface area (Å²) in [5.74, 6) is -0.380. The molecule has 0 aliphatic carbocycles. The first-order valence-corrected chi connectivity index (χ1v) is 13.0. The van der Waals surface area contributed by atoms with Gasteiger partial charge in [0.05, 0.1) is 17.1 Å². The molecule has 0 radical (unpaired) electrons. The van der Waals surface area contributed by atoms with Gasteiger partial charge in [-0.25, -0.2) is 9.38 Å². The number of phenolic OH excluding ortho intramolecular Hbond substituents is 1. The van der Waals surface area contributed by atoms with E-state index < -0.39 is 17.7 Å². The van der Waals surface area contributed by atoms with E-state index in [2.05, 4.69) is 39.7 Å². The molecule has 2 heterocycles. The lowest BCUT2D eigenvalue weighted by molar-refractivity contribution is 0.139. The minimum absolute atomic E-state index is 0.0811. The maximum absolute atomic E-state index is 14.8. The predicted octanol–water partition coefficient (Wildman–Crippen LogP) is 1.72. The van der Waals surface area contributed by atoms with Crippen LogP contribution in [0, 0.1) is 5.82 Å². The molecule has 2 unspecified atom stereocenters. The third-order valence-corrected chi connectivity index (χ3v) is 7.12. The van der Waals surface area contributed by atoms with Crippen LogP contribution in [0.4, 0.5) is 4.39 Å². The van der Waals surface area contributed by atoms with Crippen molar-refractivity contribution in [2.45, 2.75) is 50.1 Å². The Morgan fingerprint density at radius 3 is 2.83 bits per heavy atom. The molecule has 0 spiro atoms. The predicted molar refractivity (Wildman–Crippen MR) is 137 cm³/mol. The zero-order valence-electron chi connectivity index (χ0n) is 20.0. The molecule has 35 heavy (non-hydrogen) atoms. The van der Waals surface area contributed by atoms with Crippen LogP contribution in [0.15, 0.2) is 58.6 Å². The summed E-state index contributed by atoms with van der Waals surface area (Å²) >= 11 is -1.73. The third-order valence-electron chi connectivity index (χ3n) is 6.34. The highest BCUT2D eigenvalue weighted by Gasteiger charge is 2.23. The standard InChI is InChI=1S/C25H33FN6O2S/c1-16-14-32(17(2)13-30-16)15-19-3-5-21(26)20(11-19)22-8-10-29-25(31-22)28-9-7-18-4-6-24(35(27)34)23(33)12-18/h3-6,8,10-12,16-17,25,28-30,33H,7,9,13-15,27H2,1-2H3/t16-,17-,25?,35?/m0/s1. The number of nitrogens with zero attached hydrogens (tertiary/aromatic N) is 2. The molecule has 4 atom stereocenters. The van der Waals surface area contributed by atoms with Crippen molar-refractivity contribution in [3.63, 3.8) is 0 Å². The van der Waals surface area contributed by atoms with Gasteiger partial charge in [-0.15, -0.1) is 5.14 Å². The summed E-state index contributed by atoms with van der Waals surface area (Å²) in [7, 11) is 0. The fraction of sp³-hybridized carbons (Fsp3) is 0.400. The average Bonchev–Trinajstić information content (AvgIpc) is 2.82. The van der Waals surface area contributed by atoms with E-state index in [9.17, 15) is 14.0 Å². The van der Waals surface area contributed by atoms with Crippen LogP contribution in [0.5, 0.6) is 5.75 Å². The molecule has 6 N–H and O–H groups in total. The minimum atomic E-state index is -1.73. The van der Waals surface area contributed by atoms with Gasteiger partial charge < -0.3 is 20.3 Å². The summed E-state index contributed by atoms with van der Waals surface area (Å²) in [5.41, 5.74) is 2.99. The van der Waals surface area contributed by atoms with E-state index in [0.717, 1.165) is 30.8 Å². The number of nitrogens with one attached hydrogen (secondary N) is 3. The highest BCUT2D eigenvalue weighted by atomic mass is 32.2. The highest BCUT2D eigenvalue weighted by Crippen LogP contribution is 2.23. The van der Waals surface area contributed by atoms with Crippen molar-refractivity contribution in [3.05, 3.63) is 71.2 Å². The van der Waals surface area contributed by atoms with Gasteiger partial charge >= 0.3 is 0 Å². The Morgan fingerprint density at radius 2 is 2.06 bits per heavy atom. The maximum atomic E-state index is 14.8. The summed E-state index contributed by atoms with van der Waals surface area (Å²) in [6, 6.07) is 11.0. The van der Waals surface area contributed by atoms with Crippen LogP contribution >= 0.6 is 0 Å². The molecular weight excluding hydrogens is 467 g/mol. The lowest BCUT2D eigenvalue weighted by Gasteiger charge is -2.37. The monoisotopic (exact) mass is 500 g/mol. The smallest absolute Gasteiger partial charge is 0.215 e. The summed E-state index contributed by atoms with van der Waals surface area (Å²) in [5, 5.41) is 25.2. The Hall–Kier alpha value is -2.47. The second-order valence-electron chi connectivity index (χ2n) is 9.12. The number of piperazine rings is 1. The van der Waals surface area contributed by atoms with Crippen molar-refractivity contribution in [1.82, 2.24) is 20.9 Å². The van der Waals surface area contributed by atoms with Crippen LogP contribution in [0.1, 0.15) is 30.5 Å². The molecule has 188 valence electrons. The fourth-order valence-electron chi connectivity index (χ4n) is 4.36. The Bertz CT molecular complexity index is 1100. The zero-order valence-corrected chi connectivity index (χ0v) is 20.8. The molecule has 4 rings (SSSR count). The van der Waals surface area contributed by atoms with Gasteiger partial charge in [0.2, 0.25) is 4.90 Å². The van der Waals surface area contributed by atoms with Crippen molar-refractivity contribution >= 4 is 17.1 Å². The molecule has 2 aliphatic heterocycles. The van der Waals surface area contributed by atoms with Gasteiger partial charge in [-0.1, -0.05) is 12.1 Å². The van der Waals surface area contributed by atoms with Crippen molar-refractivity contribution in [2.75, 3.05) is 19.6 Å². The molecule has 0 amide bonds. The van der Waals surface area contributed by atoms with Crippen molar-refractivity contribution < 1.29 is 14.0 Å². The maximum Gasteiger partial charge on any atom is 0.215 e. The number of aliphatic imine (C=N–C) groups is 1. The van der Waals surface area contributed by atoms with Crippen LogP contribution in [0.2, 0.25) is 0 Å². The van der Waals surface area contributed by atoms with E-state index in [1.54, 1.807) is 30.5 Å². The number of aromatic hydroxyl groups is 1. The minimum Gasteiger partial charge on any atom is -0.593 e. The molecule has 2 aromatic rings. The van der Waals surface area contributed by atoms with Crippen LogP contribution < -0.4 is 21.1 Å². The van der Waals surface area contributed by atoms with Gasteiger partial charge in [0.1, 0.15) is 5.82 Å². The normalized spacial score (nSPS) is 23.6. The summed E-state index contributed by atoms with van der Waals surface area (Å²) in [6.07, 6.45) is 3.75. The van der Waals surface area contributed by atoms with Crippen molar-refractivity contribution in [2.24, 2.45) is 10.1 Å². The number of benzene rings is 2. The number of allylic oxidation sites excluding steroid dienone is 1. The summed E-state index contributed by atoms with van der Waals surface area (Å²) in [4.78, 5) is 7.28. The largest absolute Gasteiger partial charge is 0.593 e. The van der Waals surface area contributed by atoms with Gasteiger partial charge in [-0.2, -0.15) is 0 Å². The number of hydrogen-bond donors (Lipinski definition) is 5. The molecule has 2 aromatic carbocycles. The topological polar surface area (TPSA) is 121 Å². The molecule has 0 saturated carbocycles. The lowest BCUT2D eigenvalue weighted by Crippen LogP contribution is -2.53. The molecule has 0 bridgehead atoms. The molecule has 8 nitrogen and oxygen atoms in total. The molecule has 1 fully saturated rings. The van der Waals surface area contributed by atoms with E-state index in [4.69, 9.17) is 5.14 Å². The van der Waals surface area contributed by atoms with Crippen LogP contribution in [0.25, 0.3) is 0 Å². The first-order valence-electron chi connectivity index (χ1n) is 11.8. The summed E-state index contributed by atoms with van der Waals surface area (Å²) < 4.78 is 26.1. The molecule has 2 aliphatic rings. The summed E-state index contributed by atoms with van der Waals surface area (Å²) in [6.45, 7) is 7.61. The SMILES string of the molecule is C[C@H]1CN(Cc2ccc(F)c(C3=NC(NCCc4ccc([S+](N)[O-])c(O)c4)NC=C3)c2)[C@@H](C)CN1. The van der Waals surface area contributed by atoms with Crippen molar-refractivity contribution in [1.29, 1.82) is 0 Å². The third kappa shape index (κ3) is 6.60. The Labute approximate surface area is 208 Å². The van der Waals surface area contributed by atoms with Gasteiger partial charge in [-0.05, 0) is 61.7 Å². The lowest BCUT2D eigenvalue weighted by atomic mass is 10.0. The molecule has 0 aromatic heterocycles. The highest BCUT2D eigenvalue weighted by molar-refractivity contribution is 7.89. The number of halogens is 1. The van der Waals surface area contributed by atoms with Gasteiger partial charge in [-0.3, -0.25) is 10.2 Å². The average molecular weight is 501 g/mol. The fourth-order valence-corrected chi connectivity index (χ4v) is 4.83. The number of phenols is 1. The first kappa shape index (κ1) is 25.6. The van der Waals surface area contributed by atoms with E-state index in [-0.39, 0.29) is 16.5 Å². The van der Waals surface area contributed by atoms with Crippen molar-refractivity contribution in [3.8, 4) is 5.75 Å². The van der Waals surface area contributed by atoms with Gasteiger partial charge in [0.15, 0.2) is 12.0 Å². The van der Waals surface area contributed by atoms with Crippen LogP contribution in [-0.4, -0.2) is 58.3 Å². The van der Waals surface area contributed by atoms with E-state index >= 15 is 0 Å². The van der Waals surface area contributed by atoms with Crippen LogP contribution in [0.3, 0.4) is 0 Å². The molecule has 1 saturated heterocycles. The van der Waals surface area contributed by atoms with Gasteiger partial charge in [0, 0.05) is 50.0 Å². The second-order valence-corrected chi connectivity index (χ2v) is 10.2. The first-order chi connectivity index (χ1) is 16.8. The Balaban J connectivity index is 1.39. The van der Waals surface area contributed by atoms with Gasteiger partial charge in [0.25, 0.3) is 0 Å². The second kappa shape index (κ2) is 11.5. The van der Waals surface area contributed by atoms with E-state index in [0.29, 0.717) is 36.3 Å². The molecular formula is C25H33FN6O2S. The van der Waals surface area contributed by atoms with E-state index in [1.807, 2.05) is 12.1 Å². The zero-order chi connectivity index (χ0) is 24.9. The Kier molecular flexibility index (Phi) is 8.42. The number of rotatable bonds is 8. The number of nitrogens with two attached hydrogens (primary N) is 1. The Morgan fingerprint density at radius 1 is 1.26 bits per heavy atom. The molecule has 10 heteroatoms. The van der Waals surface area contributed by atoms with E-state index in [1.165, 1.54) is 6.07 Å². The number of hydrogen-bond acceptors (Lipinski definition) is 8.